The third kappa shape index (κ3) is 5.10. The first-order valence-corrected chi connectivity index (χ1v) is 9.75. The molecule has 0 bridgehead atoms. The van der Waals surface area contributed by atoms with Crippen LogP contribution in [0.1, 0.15) is 17.3 Å². The van der Waals surface area contributed by atoms with Crippen LogP contribution in [0.15, 0.2) is 35.2 Å². The predicted octanol–water partition coefficient (Wildman–Crippen LogP) is 1.21. The van der Waals surface area contributed by atoms with E-state index in [1.807, 2.05) is 4.72 Å². The summed E-state index contributed by atoms with van der Waals surface area (Å²) in [6.07, 6.45) is 0. The number of benzene rings is 1. The average Bonchev–Trinajstić information content (AvgIpc) is 2.72. The van der Waals surface area contributed by atoms with Gasteiger partial charge in [-0.15, -0.1) is 0 Å². The van der Waals surface area contributed by atoms with Gasteiger partial charge in [0, 0.05) is 7.05 Å². The summed E-state index contributed by atoms with van der Waals surface area (Å²) in [5, 5.41) is 0. The lowest BCUT2D eigenvalue weighted by Crippen LogP contribution is -2.42. The van der Waals surface area contributed by atoms with Crippen LogP contribution >= 0.6 is 0 Å². The summed E-state index contributed by atoms with van der Waals surface area (Å²) in [5.74, 6) is -0.758. The fourth-order valence-electron chi connectivity index (χ4n) is 2.16. The van der Waals surface area contributed by atoms with Gasteiger partial charge < -0.3 is 14.2 Å². The highest BCUT2D eigenvalue weighted by atomic mass is 32.2. The molecule has 2 rings (SSSR count). The molecule has 1 heterocycles. The zero-order valence-corrected chi connectivity index (χ0v) is 17.0. The summed E-state index contributed by atoms with van der Waals surface area (Å²) < 4.78 is 42.1. The van der Waals surface area contributed by atoms with E-state index in [-0.39, 0.29) is 29.9 Å². The fraction of sp³-hybridized carbons (Fsp3) is 0.294. The SMILES string of the molecule is CCOC(=O)c1ccccc1S(=O)(=O)NC(=O)N(C)c1nc(OC)cc(OC)n1. The van der Waals surface area contributed by atoms with Crippen LogP contribution in [0, 0.1) is 0 Å². The van der Waals surface area contributed by atoms with Gasteiger partial charge in [-0.3, -0.25) is 4.90 Å². The Morgan fingerprint density at radius 2 is 1.69 bits per heavy atom. The second-order valence-corrected chi connectivity index (χ2v) is 7.09. The summed E-state index contributed by atoms with van der Waals surface area (Å²) in [4.78, 5) is 32.9. The first-order chi connectivity index (χ1) is 13.7. The summed E-state index contributed by atoms with van der Waals surface area (Å²) >= 11 is 0. The zero-order chi connectivity index (χ0) is 21.6. The molecule has 2 aromatic rings. The van der Waals surface area contributed by atoms with Gasteiger partial charge in [0.05, 0.1) is 32.5 Å². The summed E-state index contributed by atoms with van der Waals surface area (Å²) in [6, 6.07) is 5.71. The van der Waals surface area contributed by atoms with Gasteiger partial charge in [-0.25, -0.2) is 22.7 Å². The Morgan fingerprint density at radius 1 is 1.10 bits per heavy atom. The second kappa shape index (κ2) is 9.19. The lowest BCUT2D eigenvalue weighted by molar-refractivity contribution is 0.0521. The number of carbonyl (C=O) groups is 2. The van der Waals surface area contributed by atoms with Crippen molar-refractivity contribution in [3.63, 3.8) is 0 Å². The lowest BCUT2D eigenvalue weighted by Gasteiger charge is -2.18. The Hall–Kier alpha value is -3.41. The summed E-state index contributed by atoms with van der Waals surface area (Å²) in [5.41, 5.74) is -0.198. The van der Waals surface area contributed by atoms with E-state index < -0.39 is 26.9 Å². The first-order valence-electron chi connectivity index (χ1n) is 8.27. The molecule has 0 aliphatic heterocycles. The van der Waals surface area contributed by atoms with Crippen LogP contribution in [0.3, 0.4) is 0 Å². The number of sulfonamides is 1. The number of methoxy groups -OCH3 is 2. The van der Waals surface area contributed by atoms with Gasteiger partial charge >= 0.3 is 12.0 Å². The van der Waals surface area contributed by atoms with Crippen molar-refractivity contribution in [3.8, 4) is 11.8 Å². The Morgan fingerprint density at radius 3 is 2.24 bits per heavy atom. The molecule has 1 aromatic carbocycles. The number of carbonyl (C=O) groups excluding carboxylic acids is 2. The highest BCUT2D eigenvalue weighted by molar-refractivity contribution is 7.90. The topological polar surface area (TPSA) is 137 Å². The van der Waals surface area contributed by atoms with Crippen molar-refractivity contribution in [1.29, 1.82) is 0 Å². The molecule has 12 heteroatoms. The minimum Gasteiger partial charge on any atom is -0.481 e. The number of anilines is 1. The van der Waals surface area contributed by atoms with Crippen molar-refractivity contribution in [2.24, 2.45) is 0 Å². The molecular formula is C17H20N4O7S. The molecule has 0 atom stereocenters. The second-order valence-electron chi connectivity index (χ2n) is 5.44. The molecule has 1 N–H and O–H groups in total. The van der Waals surface area contributed by atoms with Crippen molar-refractivity contribution in [2.45, 2.75) is 11.8 Å². The number of hydrogen-bond acceptors (Lipinski definition) is 9. The lowest BCUT2D eigenvalue weighted by atomic mass is 10.2. The minimum absolute atomic E-state index is 0.0668. The highest BCUT2D eigenvalue weighted by Crippen LogP contribution is 2.20. The van der Waals surface area contributed by atoms with E-state index >= 15 is 0 Å². The number of ether oxygens (including phenoxy) is 3. The number of amides is 2. The van der Waals surface area contributed by atoms with Crippen molar-refractivity contribution < 1.29 is 32.2 Å². The zero-order valence-electron chi connectivity index (χ0n) is 16.2. The Balaban J connectivity index is 2.32. The Labute approximate surface area is 167 Å². The van der Waals surface area contributed by atoms with Crippen molar-refractivity contribution >= 4 is 28.0 Å². The Bertz CT molecular complexity index is 988. The maximum atomic E-state index is 12.7. The molecule has 2 amide bonds. The molecule has 29 heavy (non-hydrogen) atoms. The number of nitrogens with zero attached hydrogens (tertiary/aromatic N) is 3. The predicted molar refractivity (Wildman–Crippen MR) is 102 cm³/mol. The van der Waals surface area contributed by atoms with E-state index in [0.717, 1.165) is 4.90 Å². The van der Waals surface area contributed by atoms with Gasteiger partial charge in [0.2, 0.25) is 17.7 Å². The van der Waals surface area contributed by atoms with Gasteiger partial charge in [-0.2, -0.15) is 9.97 Å². The quantitative estimate of drug-likeness (QED) is 0.650. The van der Waals surface area contributed by atoms with Gasteiger partial charge in [-0.05, 0) is 19.1 Å². The first kappa shape index (κ1) is 21.9. The smallest absolute Gasteiger partial charge is 0.339 e. The Kier molecular flexibility index (Phi) is 6.93. The third-order valence-electron chi connectivity index (χ3n) is 3.58. The third-order valence-corrected chi connectivity index (χ3v) is 4.96. The average molecular weight is 424 g/mol. The molecule has 0 aliphatic rings. The number of hydrogen-bond donors (Lipinski definition) is 1. The number of aromatic nitrogens is 2. The van der Waals surface area contributed by atoms with Crippen molar-refractivity contribution in [3.05, 3.63) is 35.9 Å². The molecule has 11 nitrogen and oxygen atoms in total. The molecule has 0 fully saturated rings. The van der Waals surface area contributed by atoms with Crippen molar-refractivity contribution in [2.75, 3.05) is 32.8 Å². The van der Waals surface area contributed by atoms with Crippen LogP contribution in [0.25, 0.3) is 0 Å². The van der Waals surface area contributed by atoms with E-state index in [9.17, 15) is 18.0 Å². The molecule has 1 aromatic heterocycles. The number of esters is 1. The monoisotopic (exact) mass is 424 g/mol. The van der Waals surface area contributed by atoms with Crippen molar-refractivity contribution in [1.82, 2.24) is 14.7 Å². The van der Waals surface area contributed by atoms with Gasteiger partial charge in [0.25, 0.3) is 10.0 Å². The normalized spacial score (nSPS) is 10.8. The molecule has 0 unspecified atom stereocenters. The maximum absolute atomic E-state index is 12.7. The van der Waals surface area contributed by atoms with E-state index in [1.165, 1.54) is 51.6 Å². The highest BCUT2D eigenvalue weighted by Gasteiger charge is 2.27. The molecule has 0 saturated carbocycles. The fourth-order valence-corrected chi connectivity index (χ4v) is 3.33. The molecule has 156 valence electrons. The molecule has 0 spiro atoms. The van der Waals surface area contributed by atoms with Crippen LogP contribution < -0.4 is 19.1 Å². The molecular weight excluding hydrogens is 404 g/mol. The number of nitrogens with one attached hydrogen (secondary N) is 1. The van der Waals surface area contributed by atoms with E-state index in [4.69, 9.17) is 14.2 Å². The number of rotatable bonds is 7. The van der Waals surface area contributed by atoms with Gasteiger partial charge in [0.15, 0.2) is 0 Å². The van der Waals surface area contributed by atoms with Gasteiger partial charge in [-0.1, -0.05) is 12.1 Å². The summed E-state index contributed by atoms with van der Waals surface area (Å²) in [6.45, 7) is 1.66. The molecule has 0 aliphatic carbocycles. The van der Waals surface area contributed by atoms with Crippen LogP contribution in [-0.2, 0) is 14.8 Å². The van der Waals surface area contributed by atoms with E-state index in [2.05, 4.69) is 9.97 Å². The maximum Gasteiger partial charge on any atom is 0.339 e. The summed E-state index contributed by atoms with van der Waals surface area (Å²) in [7, 11) is -0.411. The van der Waals surface area contributed by atoms with Crippen LogP contribution in [-0.4, -0.2) is 58.3 Å². The number of urea groups is 1. The van der Waals surface area contributed by atoms with E-state index in [0.29, 0.717) is 0 Å². The van der Waals surface area contributed by atoms with E-state index in [1.54, 1.807) is 6.92 Å². The van der Waals surface area contributed by atoms with Crippen LogP contribution in [0.4, 0.5) is 10.7 Å². The van der Waals surface area contributed by atoms with Crippen LogP contribution in [0.5, 0.6) is 11.8 Å². The van der Waals surface area contributed by atoms with Gasteiger partial charge in [0.1, 0.15) is 4.90 Å². The standard InChI is InChI=1S/C17H20N4O7S/c1-5-28-15(22)11-8-6-7-9-12(11)29(24,25)20-17(23)21(2)16-18-13(26-3)10-14(19-16)27-4/h6-10H,5H2,1-4H3,(H,20,23). The minimum atomic E-state index is -4.40. The largest absolute Gasteiger partial charge is 0.481 e. The molecule has 0 saturated heterocycles. The van der Waals surface area contributed by atoms with Crippen LogP contribution in [0.2, 0.25) is 0 Å². The molecule has 0 radical (unpaired) electrons.